The van der Waals surface area contributed by atoms with Crippen LogP contribution in [0.15, 0.2) is 18.3 Å². The van der Waals surface area contributed by atoms with E-state index in [1.165, 1.54) is 0 Å². The lowest BCUT2D eigenvalue weighted by Crippen LogP contribution is -2.30. The molecule has 4 nitrogen and oxygen atoms in total. The number of pyridine rings is 1. The zero-order valence-electron chi connectivity index (χ0n) is 10.4. The minimum atomic E-state index is 0.0767. The van der Waals surface area contributed by atoms with Crippen LogP contribution in [-0.4, -0.2) is 24.4 Å². The van der Waals surface area contributed by atoms with Crippen molar-refractivity contribution in [1.82, 2.24) is 4.98 Å². The molecule has 0 aliphatic heterocycles. The molecule has 0 saturated heterocycles. The summed E-state index contributed by atoms with van der Waals surface area (Å²) in [6.45, 7) is 7.44. The maximum Gasteiger partial charge on any atom is 0.128 e. The van der Waals surface area contributed by atoms with Crippen molar-refractivity contribution in [3.05, 3.63) is 23.9 Å². The standard InChI is InChI=1S/C12H20N4/c1-12(2,3)8-16(4)10-7-9(11(13)14)5-6-15-10/h5-7H,8H2,1-4H3,(H3,13,14). The first kappa shape index (κ1) is 12.5. The van der Waals surface area contributed by atoms with Gasteiger partial charge in [-0.05, 0) is 17.5 Å². The fraction of sp³-hybridized carbons (Fsp3) is 0.500. The summed E-state index contributed by atoms with van der Waals surface area (Å²) in [5, 5.41) is 7.38. The summed E-state index contributed by atoms with van der Waals surface area (Å²) in [6, 6.07) is 3.59. The average Bonchev–Trinajstić information content (AvgIpc) is 2.15. The Kier molecular flexibility index (Phi) is 3.52. The molecule has 1 rings (SSSR count). The molecule has 0 aliphatic rings. The fourth-order valence-corrected chi connectivity index (χ4v) is 1.59. The Balaban J connectivity index is 2.87. The maximum absolute atomic E-state index is 7.38. The van der Waals surface area contributed by atoms with E-state index in [1.807, 2.05) is 13.1 Å². The van der Waals surface area contributed by atoms with E-state index in [0.29, 0.717) is 5.56 Å². The van der Waals surface area contributed by atoms with E-state index in [0.717, 1.165) is 12.4 Å². The SMILES string of the molecule is CN(CC(C)(C)C)c1cc(C(=N)N)ccn1. The first-order valence-corrected chi connectivity index (χ1v) is 5.31. The monoisotopic (exact) mass is 220 g/mol. The van der Waals surface area contributed by atoms with Gasteiger partial charge in [0.05, 0.1) is 0 Å². The molecule has 0 aliphatic carbocycles. The zero-order valence-corrected chi connectivity index (χ0v) is 10.4. The molecule has 0 fully saturated rings. The predicted molar refractivity (Wildman–Crippen MR) is 68.0 cm³/mol. The molecule has 0 aromatic carbocycles. The molecule has 0 saturated carbocycles. The average molecular weight is 220 g/mol. The molecule has 16 heavy (non-hydrogen) atoms. The van der Waals surface area contributed by atoms with Gasteiger partial charge in [-0.25, -0.2) is 4.98 Å². The molecule has 1 heterocycles. The number of rotatable bonds is 3. The number of anilines is 1. The van der Waals surface area contributed by atoms with Crippen LogP contribution in [0.5, 0.6) is 0 Å². The van der Waals surface area contributed by atoms with Gasteiger partial charge >= 0.3 is 0 Å². The third-order valence-electron chi connectivity index (χ3n) is 2.16. The van der Waals surface area contributed by atoms with Crippen molar-refractivity contribution in [2.24, 2.45) is 11.1 Å². The Labute approximate surface area is 97.0 Å². The van der Waals surface area contributed by atoms with Gasteiger partial charge in [0.15, 0.2) is 0 Å². The van der Waals surface area contributed by atoms with Gasteiger partial charge in [-0.15, -0.1) is 0 Å². The number of amidine groups is 1. The van der Waals surface area contributed by atoms with E-state index in [-0.39, 0.29) is 11.3 Å². The lowest BCUT2D eigenvalue weighted by atomic mass is 9.96. The van der Waals surface area contributed by atoms with Crippen LogP contribution < -0.4 is 10.6 Å². The highest BCUT2D eigenvalue weighted by Crippen LogP contribution is 2.19. The van der Waals surface area contributed by atoms with Crippen molar-refractivity contribution >= 4 is 11.7 Å². The summed E-state index contributed by atoms with van der Waals surface area (Å²) < 4.78 is 0. The lowest BCUT2D eigenvalue weighted by Gasteiger charge is -2.27. The van der Waals surface area contributed by atoms with E-state index in [4.69, 9.17) is 11.1 Å². The first-order chi connectivity index (χ1) is 7.29. The van der Waals surface area contributed by atoms with E-state index in [9.17, 15) is 0 Å². The largest absolute Gasteiger partial charge is 0.384 e. The number of nitrogen functional groups attached to an aromatic ring is 1. The van der Waals surface area contributed by atoms with Gasteiger partial charge < -0.3 is 10.6 Å². The third kappa shape index (κ3) is 3.53. The number of hydrogen-bond donors (Lipinski definition) is 2. The van der Waals surface area contributed by atoms with Crippen LogP contribution in [0, 0.1) is 10.8 Å². The highest BCUT2D eigenvalue weighted by atomic mass is 15.2. The smallest absolute Gasteiger partial charge is 0.128 e. The quantitative estimate of drug-likeness (QED) is 0.603. The van der Waals surface area contributed by atoms with Gasteiger partial charge in [-0.2, -0.15) is 0 Å². The molecule has 88 valence electrons. The van der Waals surface area contributed by atoms with Crippen molar-refractivity contribution in [2.45, 2.75) is 20.8 Å². The van der Waals surface area contributed by atoms with E-state index < -0.39 is 0 Å². The van der Waals surface area contributed by atoms with Gasteiger partial charge in [-0.1, -0.05) is 20.8 Å². The maximum atomic E-state index is 7.38. The third-order valence-corrected chi connectivity index (χ3v) is 2.16. The molecule has 3 N–H and O–H groups in total. The van der Waals surface area contributed by atoms with Gasteiger partial charge in [0, 0.05) is 25.4 Å². The molecule has 4 heteroatoms. The number of nitrogens with two attached hydrogens (primary N) is 1. The van der Waals surface area contributed by atoms with E-state index in [2.05, 4.69) is 30.7 Å². The van der Waals surface area contributed by atoms with Crippen molar-refractivity contribution in [2.75, 3.05) is 18.5 Å². The summed E-state index contributed by atoms with van der Waals surface area (Å²) in [7, 11) is 2.00. The molecule has 1 aromatic heterocycles. The van der Waals surface area contributed by atoms with Crippen LogP contribution in [0.1, 0.15) is 26.3 Å². The van der Waals surface area contributed by atoms with E-state index in [1.54, 1.807) is 12.3 Å². The van der Waals surface area contributed by atoms with Crippen molar-refractivity contribution in [3.8, 4) is 0 Å². The summed E-state index contributed by atoms with van der Waals surface area (Å²) in [4.78, 5) is 6.36. The second-order valence-electron chi connectivity index (χ2n) is 5.23. The van der Waals surface area contributed by atoms with Crippen LogP contribution in [0.3, 0.4) is 0 Å². The molecule has 0 spiro atoms. The normalized spacial score (nSPS) is 11.2. The summed E-state index contributed by atoms with van der Waals surface area (Å²) >= 11 is 0. The lowest BCUT2D eigenvalue weighted by molar-refractivity contribution is 0.418. The number of aromatic nitrogens is 1. The molecular formula is C12H20N4. The number of nitrogens with one attached hydrogen (secondary N) is 1. The minimum absolute atomic E-state index is 0.0767. The number of nitrogens with zero attached hydrogens (tertiary/aromatic N) is 2. The van der Waals surface area contributed by atoms with Gasteiger partial charge in [0.2, 0.25) is 0 Å². The van der Waals surface area contributed by atoms with Crippen molar-refractivity contribution < 1.29 is 0 Å². The molecular weight excluding hydrogens is 200 g/mol. The van der Waals surface area contributed by atoms with Crippen LogP contribution in [0.25, 0.3) is 0 Å². The highest BCUT2D eigenvalue weighted by molar-refractivity contribution is 5.95. The fourth-order valence-electron chi connectivity index (χ4n) is 1.59. The molecule has 0 unspecified atom stereocenters. The van der Waals surface area contributed by atoms with Crippen LogP contribution in [-0.2, 0) is 0 Å². The Hall–Kier alpha value is -1.58. The van der Waals surface area contributed by atoms with E-state index >= 15 is 0 Å². The van der Waals surface area contributed by atoms with Crippen LogP contribution >= 0.6 is 0 Å². The molecule has 1 aromatic rings. The summed E-state index contributed by atoms with van der Waals surface area (Å²) in [5.74, 6) is 0.926. The highest BCUT2D eigenvalue weighted by Gasteiger charge is 2.14. The molecule has 0 radical (unpaired) electrons. The Bertz CT molecular complexity index is 379. The predicted octanol–water partition coefficient (Wildman–Crippen LogP) is 1.85. The van der Waals surface area contributed by atoms with Gasteiger partial charge in [0.25, 0.3) is 0 Å². The van der Waals surface area contributed by atoms with Crippen molar-refractivity contribution in [3.63, 3.8) is 0 Å². The molecule has 0 amide bonds. The summed E-state index contributed by atoms with van der Waals surface area (Å²) in [6.07, 6.45) is 1.69. The van der Waals surface area contributed by atoms with Gasteiger partial charge in [-0.3, -0.25) is 5.41 Å². The Morgan fingerprint density at radius 3 is 2.62 bits per heavy atom. The van der Waals surface area contributed by atoms with Crippen LogP contribution in [0.2, 0.25) is 0 Å². The minimum Gasteiger partial charge on any atom is -0.384 e. The second-order valence-corrected chi connectivity index (χ2v) is 5.23. The van der Waals surface area contributed by atoms with Gasteiger partial charge in [0.1, 0.15) is 11.7 Å². The molecule has 0 bridgehead atoms. The molecule has 0 atom stereocenters. The van der Waals surface area contributed by atoms with Crippen molar-refractivity contribution in [1.29, 1.82) is 5.41 Å². The topological polar surface area (TPSA) is 66.0 Å². The summed E-state index contributed by atoms with van der Waals surface area (Å²) in [5.41, 5.74) is 6.37. The first-order valence-electron chi connectivity index (χ1n) is 5.31. The second kappa shape index (κ2) is 4.51. The zero-order chi connectivity index (χ0) is 12.3. The number of hydrogen-bond acceptors (Lipinski definition) is 3. The Morgan fingerprint density at radius 1 is 1.50 bits per heavy atom. The van der Waals surface area contributed by atoms with Crippen LogP contribution in [0.4, 0.5) is 5.82 Å². The Morgan fingerprint density at radius 2 is 2.12 bits per heavy atom.